The summed E-state index contributed by atoms with van der Waals surface area (Å²) < 4.78 is 41.9. The summed E-state index contributed by atoms with van der Waals surface area (Å²) in [5, 5.41) is 24.3. The molecule has 36 heavy (non-hydrogen) atoms. The molecule has 12 heteroatoms. The Bertz CT molecular complexity index is 1320. The molecule has 1 aliphatic heterocycles. The number of thioether (sulfide) groups is 1. The van der Waals surface area contributed by atoms with Gasteiger partial charge in [-0.25, -0.2) is 4.99 Å². The maximum atomic E-state index is 13.5. The van der Waals surface area contributed by atoms with Crippen LogP contribution in [0.1, 0.15) is 16.7 Å². The maximum absolute atomic E-state index is 13.5. The Hall–Kier alpha value is -2.70. The van der Waals surface area contributed by atoms with E-state index in [1.165, 1.54) is 28.6 Å². The number of hydrogen-bond acceptors (Lipinski definition) is 6. The van der Waals surface area contributed by atoms with Crippen molar-refractivity contribution in [3.63, 3.8) is 0 Å². The summed E-state index contributed by atoms with van der Waals surface area (Å²) in [6, 6.07) is 8.87. The van der Waals surface area contributed by atoms with Crippen LogP contribution in [0.5, 0.6) is 0 Å². The second kappa shape index (κ2) is 10.7. The fraction of sp³-hybridized carbons (Fsp3) is 0.292. The second-order valence-electron chi connectivity index (χ2n) is 8.34. The van der Waals surface area contributed by atoms with Gasteiger partial charge in [0.25, 0.3) is 5.91 Å². The lowest BCUT2D eigenvalue weighted by Crippen LogP contribution is -2.22. The lowest BCUT2D eigenvalue weighted by atomic mass is 10.1. The van der Waals surface area contributed by atoms with Gasteiger partial charge in [-0.2, -0.15) is 18.3 Å². The number of amides is 1. The zero-order chi connectivity index (χ0) is 26.0. The molecule has 0 spiro atoms. The van der Waals surface area contributed by atoms with E-state index in [-0.39, 0.29) is 17.1 Å². The Morgan fingerprint density at radius 2 is 1.94 bits per heavy atom. The average molecular weight is 539 g/mol. The maximum Gasteiger partial charge on any atom is 0.416 e. The average Bonchev–Trinajstić information content (AvgIpc) is 3.38. The molecular formula is C24H22ClF3N4O3S. The van der Waals surface area contributed by atoms with Crippen molar-refractivity contribution in [1.29, 1.82) is 0 Å². The van der Waals surface area contributed by atoms with Gasteiger partial charge < -0.3 is 10.2 Å². The molecular weight excluding hydrogens is 517 g/mol. The number of aliphatic hydroxyl groups is 2. The van der Waals surface area contributed by atoms with Crippen LogP contribution in [0.25, 0.3) is 17.0 Å². The summed E-state index contributed by atoms with van der Waals surface area (Å²) in [4.78, 5) is 17.9. The number of likely N-dealkylation sites (tertiary alicyclic amines) is 1. The number of rotatable bonds is 7. The predicted molar refractivity (Wildman–Crippen MR) is 134 cm³/mol. The highest BCUT2D eigenvalue weighted by atomic mass is 35.5. The molecule has 1 saturated heterocycles. The zero-order valence-corrected chi connectivity index (χ0v) is 20.4. The van der Waals surface area contributed by atoms with E-state index in [1.54, 1.807) is 30.5 Å². The summed E-state index contributed by atoms with van der Waals surface area (Å²) >= 11 is 6.99. The van der Waals surface area contributed by atoms with E-state index in [0.29, 0.717) is 40.3 Å². The van der Waals surface area contributed by atoms with Crippen LogP contribution in [0, 0.1) is 0 Å². The number of hydrogen-bond donors (Lipinski definition) is 2. The minimum atomic E-state index is -4.55. The molecule has 0 bridgehead atoms. The highest BCUT2D eigenvalue weighted by Crippen LogP contribution is 2.34. The normalized spacial score (nSPS) is 19.2. The third kappa shape index (κ3) is 5.98. The summed E-state index contributed by atoms with van der Waals surface area (Å²) in [7, 11) is 0. The van der Waals surface area contributed by atoms with Crippen LogP contribution in [0.2, 0.25) is 5.02 Å². The molecule has 2 atom stereocenters. The monoisotopic (exact) mass is 538 g/mol. The minimum Gasteiger partial charge on any atom is -0.389 e. The van der Waals surface area contributed by atoms with Crippen LogP contribution >= 0.6 is 23.4 Å². The predicted octanol–water partition coefficient (Wildman–Crippen LogP) is 4.05. The van der Waals surface area contributed by atoms with Gasteiger partial charge in [-0.1, -0.05) is 23.7 Å². The number of benzene rings is 2. The van der Waals surface area contributed by atoms with Crippen molar-refractivity contribution in [1.82, 2.24) is 14.7 Å². The third-order valence-corrected chi connectivity index (χ3v) is 7.09. The molecule has 2 aromatic carbocycles. The first kappa shape index (κ1) is 26.4. The molecule has 190 valence electrons. The van der Waals surface area contributed by atoms with Gasteiger partial charge in [0, 0.05) is 29.4 Å². The van der Waals surface area contributed by atoms with Gasteiger partial charge in [-0.15, -0.1) is 11.8 Å². The molecule has 1 fully saturated rings. The van der Waals surface area contributed by atoms with Gasteiger partial charge in [-0.05, 0) is 48.2 Å². The lowest BCUT2D eigenvalue weighted by molar-refractivity contribution is -0.138. The van der Waals surface area contributed by atoms with Crippen molar-refractivity contribution >= 4 is 53.0 Å². The number of alkyl halides is 3. The van der Waals surface area contributed by atoms with E-state index in [9.17, 15) is 28.2 Å². The topological polar surface area (TPSA) is 91.0 Å². The van der Waals surface area contributed by atoms with Crippen LogP contribution in [-0.4, -0.2) is 68.7 Å². The Morgan fingerprint density at radius 3 is 2.61 bits per heavy atom. The van der Waals surface area contributed by atoms with Crippen molar-refractivity contribution in [2.24, 2.45) is 4.99 Å². The van der Waals surface area contributed by atoms with E-state index >= 15 is 0 Å². The fourth-order valence-electron chi connectivity index (χ4n) is 3.94. The molecule has 1 aliphatic rings. The molecule has 2 N–H and O–H groups in total. The molecule has 7 nitrogen and oxygen atoms in total. The number of carbonyl (C=O) groups excluding carboxylic acids is 1. The summed E-state index contributed by atoms with van der Waals surface area (Å²) in [5.41, 5.74) is 0.524. The molecule has 0 aliphatic carbocycles. The second-order valence-corrected chi connectivity index (χ2v) is 9.76. The molecule has 2 heterocycles. The van der Waals surface area contributed by atoms with Gasteiger partial charge in [0.15, 0.2) is 0 Å². The van der Waals surface area contributed by atoms with Gasteiger partial charge in [0.05, 0.1) is 40.9 Å². The standard InChI is InChI=1S/C24H22ClF3N4O3S/c1-29-23(35)22(36-13-31-11-20(33)21(34)12-31)7-14-2-5-19-16(6-14)9-30-32(19)10-15-3-4-17(25)8-18(15)24(26,27)28/h2-9,20-21,33-34H,1,10-13H2. The third-order valence-electron chi connectivity index (χ3n) is 5.75. The van der Waals surface area contributed by atoms with E-state index in [0.717, 1.165) is 6.07 Å². The smallest absolute Gasteiger partial charge is 0.389 e. The zero-order valence-electron chi connectivity index (χ0n) is 18.8. The molecule has 2 unspecified atom stereocenters. The van der Waals surface area contributed by atoms with E-state index < -0.39 is 29.9 Å². The first-order valence-corrected chi connectivity index (χ1v) is 12.2. The Kier molecular flexibility index (Phi) is 7.86. The van der Waals surface area contributed by atoms with Gasteiger partial charge in [0.2, 0.25) is 0 Å². The van der Waals surface area contributed by atoms with Crippen molar-refractivity contribution in [2.45, 2.75) is 24.9 Å². The number of fused-ring (bicyclic) bond motifs is 1. The molecule has 0 saturated carbocycles. The first-order valence-electron chi connectivity index (χ1n) is 10.8. The Morgan fingerprint density at radius 1 is 1.22 bits per heavy atom. The highest BCUT2D eigenvalue weighted by molar-refractivity contribution is 8.04. The minimum absolute atomic E-state index is 0.00199. The number of nitrogens with zero attached hydrogens (tertiary/aromatic N) is 4. The van der Waals surface area contributed by atoms with E-state index in [4.69, 9.17) is 11.6 Å². The molecule has 1 aromatic heterocycles. The number of β-amino-alcohol motifs (C(OH)–C–C–N with tert-alkyl or cyclic N) is 2. The Balaban J connectivity index is 1.56. The highest BCUT2D eigenvalue weighted by Gasteiger charge is 2.34. The number of aliphatic imine (C=N–C) groups is 1. The quantitative estimate of drug-likeness (QED) is 0.348. The number of halogens is 4. The first-order chi connectivity index (χ1) is 17.0. The van der Waals surface area contributed by atoms with Crippen LogP contribution in [0.4, 0.5) is 13.2 Å². The fourth-order valence-corrected chi connectivity index (χ4v) is 5.05. The van der Waals surface area contributed by atoms with Gasteiger partial charge in [0.1, 0.15) is 0 Å². The SMILES string of the molecule is C=NC(=O)C(=Cc1ccc2c(cnn2Cc2ccc(Cl)cc2C(F)(F)F)c1)SCN1CC(O)C(O)C1. The van der Waals surface area contributed by atoms with Gasteiger partial charge in [-0.3, -0.25) is 14.4 Å². The number of carbonyl (C=O) groups is 1. The largest absolute Gasteiger partial charge is 0.416 e. The van der Waals surface area contributed by atoms with Crippen molar-refractivity contribution in [3.8, 4) is 0 Å². The molecule has 0 radical (unpaired) electrons. The molecule has 1 amide bonds. The van der Waals surface area contributed by atoms with Crippen LogP contribution < -0.4 is 0 Å². The number of aromatic nitrogens is 2. The van der Waals surface area contributed by atoms with Crippen LogP contribution in [-0.2, 0) is 17.5 Å². The molecule has 4 rings (SSSR count). The van der Waals surface area contributed by atoms with E-state index in [2.05, 4.69) is 16.8 Å². The van der Waals surface area contributed by atoms with Crippen molar-refractivity contribution in [3.05, 3.63) is 69.2 Å². The van der Waals surface area contributed by atoms with E-state index in [1.807, 2.05) is 4.90 Å². The van der Waals surface area contributed by atoms with Crippen LogP contribution in [0.3, 0.4) is 0 Å². The van der Waals surface area contributed by atoms with Gasteiger partial charge >= 0.3 is 6.18 Å². The molecule has 3 aromatic rings. The summed E-state index contributed by atoms with van der Waals surface area (Å²) in [6.07, 6.45) is -3.02. The summed E-state index contributed by atoms with van der Waals surface area (Å²) in [5.74, 6) is -0.150. The van der Waals surface area contributed by atoms with Crippen molar-refractivity contribution in [2.75, 3.05) is 19.0 Å². The Labute approximate surface area is 213 Å². The van der Waals surface area contributed by atoms with Crippen LogP contribution in [0.15, 0.2) is 52.5 Å². The van der Waals surface area contributed by atoms with Crippen molar-refractivity contribution < 1.29 is 28.2 Å². The number of aliphatic hydroxyl groups excluding tert-OH is 2. The lowest BCUT2D eigenvalue weighted by Gasteiger charge is -2.14. The summed E-state index contributed by atoms with van der Waals surface area (Å²) in [6.45, 7) is 3.80.